The molecule has 2 aromatic carbocycles. The number of amides is 1. The second kappa shape index (κ2) is 5.86. The number of aliphatic hydroxyl groups is 1. The smallest absolute Gasteiger partial charge is 0.257 e. The average Bonchev–Trinajstić information content (AvgIpc) is 2.57. The lowest BCUT2D eigenvalue weighted by atomic mass is 9.82. The van der Waals surface area contributed by atoms with Crippen LogP contribution in [-0.4, -0.2) is 23.2 Å². The number of carbonyl (C=O) groups excluding carboxylic acids is 1. The topological polar surface area (TPSA) is 40.5 Å². The minimum absolute atomic E-state index is 0.190. The van der Waals surface area contributed by atoms with E-state index in [1.165, 1.54) is 0 Å². The van der Waals surface area contributed by atoms with Crippen LogP contribution in [0.3, 0.4) is 0 Å². The normalized spacial score (nSPS) is 23.4. The third-order valence-corrected chi connectivity index (χ3v) is 4.25. The Labute approximate surface area is 136 Å². The van der Waals surface area contributed by atoms with Crippen LogP contribution in [0, 0.1) is 0 Å². The van der Waals surface area contributed by atoms with E-state index in [4.69, 9.17) is 0 Å². The van der Waals surface area contributed by atoms with Gasteiger partial charge in [0, 0.05) is 11.3 Å². The summed E-state index contributed by atoms with van der Waals surface area (Å²) in [5.74, 6) is -0.244. The molecule has 3 rings (SSSR count). The molecule has 1 atom stereocenters. The van der Waals surface area contributed by atoms with E-state index < -0.39 is 5.60 Å². The van der Waals surface area contributed by atoms with Crippen molar-refractivity contribution < 1.29 is 9.90 Å². The number of rotatable bonds is 2. The number of para-hydroxylation sites is 1. The maximum absolute atomic E-state index is 12.6. The molecule has 0 bridgehead atoms. The summed E-state index contributed by atoms with van der Waals surface area (Å²) in [5, 5.41) is 10.8. The standard InChI is InChI=1S/C20H19NO2/c1-15-19(22)21(18-11-7-4-8-12-18)14-17(20(15,2)23)13-16-9-5-3-6-10-16/h3-13,23H,1,14H2,2H3/b17-13+. The van der Waals surface area contributed by atoms with Gasteiger partial charge in [-0.1, -0.05) is 61.2 Å². The van der Waals surface area contributed by atoms with Gasteiger partial charge >= 0.3 is 0 Å². The maximum Gasteiger partial charge on any atom is 0.257 e. The first-order valence-corrected chi connectivity index (χ1v) is 7.55. The van der Waals surface area contributed by atoms with E-state index in [1.54, 1.807) is 11.8 Å². The van der Waals surface area contributed by atoms with Gasteiger partial charge in [-0.25, -0.2) is 0 Å². The lowest BCUT2D eigenvalue weighted by molar-refractivity contribution is -0.117. The molecule has 1 aliphatic heterocycles. The summed E-state index contributed by atoms with van der Waals surface area (Å²) in [7, 11) is 0. The SMILES string of the molecule is C=C1C(=O)N(c2ccccc2)C/C(=C\c2ccccc2)C1(C)O. The fraction of sp³-hybridized carbons (Fsp3) is 0.150. The summed E-state index contributed by atoms with van der Waals surface area (Å²) in [6.07, 6.45) is 1.92. The largest absolute Gasteiger partial charge is 0.381 e. The van der Waals surface area contributed by atoms with E-state index in [0.717, 1.165) is 16.8 Å². The molecule has 1 saturated heterocycles. The molecule has 1 unspecified atom stereocenters. The predicted octanol–water partition coefficient (Wildman–Crippen LogP) is 3.42. The van der Waals surface area contributed by atoms with E-state index >= 15 is 0 Å². The monoisotopic (exact) mass is 305 g/mol. The highest BCUT2D eigenvalue weighted by atomic mass is 16.3. The van der Waals surface area contributed by atoms with Crippen LogP contribution in [0.2, 0.25) is 0 Å². The molecule has 3 nitrogen and oxygen atoms in total. The molecule has 2 aromatic rings. The molecule has 116 valence electrons. The Morgan fingerprint density at radius 1 is 1.09 bits per heavy atom. The van der Waals surface area contributed by atoms with E-state index in [0.29, 0.717) is 6.54 Å². The fourth-order valence-electron chi connectivity index (χ4n) is 2.71. The highest BCUT2D eigenvalue weighted by Crippen LogP contribution is 2.35. The van der Waals surface area contributed by atoms with Crippen molar-refractivity contribution in [1.82, 2.24) is 0 Å². The highest BCUT2D eigenvalue weighted by molar-refractivity contribution is 6.09. The van der Waals surface area contributed by atoms with Gasteiger partial charge in [-0.2, -0.15) is 0 Å². The van der Waals surface area contributed by atoms with Gasteiger partial charge in [-0.15, -0.1) is 0 Å². The minimum atomic E-state index is -1.34. The Balaban J connectivity index is 2.03. The lowest BCUT2D eigenvalue weighted by Crippen LogP contribution is -2.50. The lowest BCUT2D eigenvalue weighted by Gasteiger charge is -2.39. The first-order chi connectivity index (χ1) is 11.0. The molecular weight excluding hydrogens is 286 g/mol. The van der Waals surface area contributed by atoms with Gasteiger partial charge in [0.1, 0.15) is 5.60 Å². The van der Waals surface area contributed by atoms with Crippen LogP contribution in [0.15, 0.2) is 78.4 Å². The Morgan fingerprint density at radius 3 is 2.26 bits per heavy atom. The van der Waals surface area contributed by atoms with Crippen LogP contribution in [-0.2, 0) is 4.79 Å². The molecule has 0 saturated carbocycles. The van der Waals surface area contributed by atoms with Gasteiger partial charge in [-0.05, 0) is 30.2 Å². The van der Waals surface area contributed by atoms with Crippen molar-refractivity contribution in [1.29, 1.82) is 0 Å². The second-order valence-electron chi connectivity index (χ2n) is 5.86. The van der Waals surface area contributed by atoms with Gasteiger partial charge in [0.25, 0.3) is 5.91 Å². The van der Waals surface area contributed by atoms with Crippen molar-refractivity contribution in [3.05, 3.63) is 84.0 Å². The summed E-state index contributed by atoms with van der Waals surface area (Å²) >= 11 is 0. The van der Waals surface area contributed by atoms with Crippen LogP contribution in [0.25, 0.3) is 6.08 Å². The van der Waals surface area contributed by atoms with E-state index in [9.17, 15) is 9.90 Å². The molecule has 0 aliphatic carbocycles. The molecule has 0 aromatic heterocycles. The zero-order valence-electron chi connectivity index (χ0n) is 13.1. The zero-order valence-corrected chi connectivity index (χ0v) is 13.1. The van der Waals surface area contributed by atoms with Crippen LogP contribution in [0.1, 0.15) is 12.5 Å². The van der Waals surface area contributed by atoms with Crippen molar-refractivity contribution in [2.24, 2.45) is 0 Å². The summed E-state index contributed by atoms with van der Waals surface area (Å²) < 4.78 is 0. The molecule has 1 fully saturated rings. The predicted molar refractivity (Wildman–Crippen MR) is 93.0 cm³/mol. The zero-order chi connectivity index (χ0) is 16.4. The van der Waals surface area contributed by atoms with Crippen molar-refractivity contribution in [2.75, 3.05) is 11.4 Å². The first kappa shape index (κ1) is 15.3. The van der Waals surface area contributed by atoms with Crippen LogP contribution >= 0.6 is 0 Å². The molecule has 1 amide bonds. The number of hydrogen-bond donors (Lipinski definition) is 1. The van der Waals surface area contributed by atoms with Gasteiger partial charge in [0.15, 0.2) is 0 Å². The van der Waals surface area contributed by atoms with Crippen molar-refractivity contribution >= 4 is 17.7 Å². The van der Waals surface area contributed by atoms with Gasteiger partial charge < -0.3 is 10.0 Å². The molecule has 1 N–H and O–H groups in total. The van der Waals surface area contributed by atoms with Gasteiger partial charge in [0.05, 0.1) is 6.54 Å². The Kier molecular flexibility index (Phi) is 3.89. The van der Waals surface area contributed by atoms with Crippen LogP contribution in [0.5, 0.6) is 0 Å². The fourth-order valence-corrected chi connectivity index (χ4v) is 2.71. The van der Waals surface area contributed by atoms with E-state index in [1.807, 2.05) is 66.7 Å². The number of nitrogens with zero attached hydrogens (tertiary/aromatic N) is 1. The quantitative estimate of drug-likeness (QED) is 0.864. The number of hydrogen-bond acceptors (Lipinski definition) is 2. The summed E-state index contributed by atoms with van der Waals surface area (Å²) in [6, 6.07) is 19.2. The minimum Gasteiger partial charge on any atom is -0.381 e. The number of benzene rings is 2. The van der Waals surface area contributed by atoms with Crippen molar-refractivity contribution in [3.63, 3.8) is 0 Å². The number of piperidine rings is 1. The van der Waals surface area contributed by atoms with E-state index in [-0.39, 0.29) is 11.5 Å². The highest BCUT2D eigenvalue weighted by Gasteiger charge is 2.41. The summed E-state index contributed by atoms with van der Waals surface area (Å²) in [5.41, 5.74) is 1.39. The van der Waals surface area contributed by atoms with Crippen LogP contribution in [0.4, 0.5) is 5.69 Å². The Morgan fingerprint density at radius 2 is 1.65 bits per heavy atom. The molecule has 1 heterocycles. The molecule has 3 heteroatoms. The van der Waals surface area contributed by atoms with Gasteiger partial charge in [-0.3, -0.25) is 4.79 Å². The van der Waals surface area contributed by atoms with Crippen LogP contribution < -0.4 is 4.90 Å². The molecule has 1 aliphatic rings. The number of anilines is 1. The Hall–Kier alpha value is -2.65. The van der Waals surface area contributed by atoms with E-state index in [2.05, 4.69) is 6.58 Å². The third-order valence-electron chi connectivity index (χ3n) is 4.25. The Bertz CT molecular complexity index is 761. The molecule has 23 heavy (non-hydrogen) atoms. The summed E-state index contributed by atoms with van der Waals surface area (Å²) in [4.78, 5) is 14.2. The maximum atomic E-state index is 12.6. The first-order valence-electron chi connectivity index (χ1n) is 7.55. The number of carbonyl (C=O) groups is 1. The third kappa shape index (κ3) is 2.83. The average molecular weight is 305 g/mol. The van der Waals surface area contributed by atoms with Crippen molar-refractivity contribution in [2.45, 2.75) is 12.5 Å². The second-order valence-corrected chi connectivity index (χ2v) is 5.86. The summed E-state index contributed by atoms with van der Waals surface area (Å²) in [6.45, 7) is 5.80. The molecule has 0 spiro atoms. The van der Waals surface area contributed by atoms with Crippen molar-refractivity contribution in [3.8, 4) is 0 Å². The molecule has 0 radical (unpaired) electrons. The molecular formula is C20H19NO2. The van der Waals surface area contributed by atoms with Gasteiger partial charge in [0.2, 0.25) is 0 Å².